The number of amides is 1. The van der Waals surface area contributed by atoms with Crippen LogP contribution in [0.3, 0.4) is 0 Å². The Bertz CT molecular complexity index is 470. The quantitative estimate of drug-likeness (QED) is 0.812. The third kappa shape index (κ3) is 3.85. The molecule has 20 heavy (non-hydrogen) atoms. The molecule has 0 radical (unpaired) electrons. The predicted octanol–water partition coefficient (Wildman–Crippen LogP) is 2.92. The Labute approximate surface area is 118 Å². The van der Waals surface area contributed by atoms with Crippen molar-refractivity contribution in [1.29, 1.82) is 0 Å². The van der Waals surface area contributed by atoms with Crippen LogP contribution in [0.5, 0.6) is 0 Å². The maximum atomic E-state index is 12.1. The number of nitrogens with zero attached hydrogens (tertiary/aromatic N) is 1. The summed E-state index contributed by atoms with van der Waals surface area (Å²) in [5.41, 5.74) is 0.489. The van der Waals surface area contributed by atoms with Gasteiger partial charge in [-0.3, -0.25) is 4.90 Å². The van der Waals surface area contributed by atoms with Gasteiger partial charge in [0.1, 0.15) is 12.6 Å². The molecule has 1 N–H and O–H groups in total. The van der Waals surface area contributed by atoms with E-state index < -0.39 is 18.1 Å². The lowest BCUT2D eigenvalue weighted by Crippen LogP contribution is -2.48. The van der Waals surface area contributed by atoms with Gasteiger partial charge in [-0.05, 0) is 18.1 Å². The Kier molecular flexibility index (Phi) is 5.77. The Balaban J connectivity index is 3.15. The average molecular weight is 277 g/mol. The number of hydrogen-bond donors (Lipinski definition) is 1. The summed E-state index contributed by atoms with van der Waals surface area (Å²) in [7, 11) is 0. The molecular formula is C15H19NO4. The van der Waals surface area contributed by atoms with Gasteiger partial charge in [0.2, 0.25) is 0 Å². The molecule has 0 aliphatic heterocycles. The van der Waals surface area contributed by atoms with Crippen molar-refractivity contribution in [2.75, 3.05) is 11.5 Å². The maximum Gasteiger partial charge on any atom is 0.415 e. The van der Waals surface area contributed by atoms with Gasteiger partial charge < -0.3 is 9.84 Å². The molecule has 1 atom stereocenters. The minimum atomic E-state index is -1.07. The molecule has 0 fully saturated rings. The SMILES string of the molecule is C=CCOC(=O)N(c1ccccc1)[C@H](C(=O)O)C(C)C. The summed E-state index contributed by atoms with van der Waals surface area (Å²) < 4.78 is 4.99. The molecule has 1 aromatic rings. The van der Waals surface area contributed by atoms with Crippen molar-refractivity contribution in [2.24, 2.45) is 5.92 Å². The van der Waals surface area contributed by atoms with Gasteiger partial charge in [0.05, 0.1) is 0 Å². The molecule has 1 aromatic carbocycles. The highest BCUT2D eigenvalue weighted by Gasteiger charge is 2.34. The zero-order chi connectivity index (χ0) is 15.1. The van der Waals surface area contributed by atoms with Crippen LogP contribution in [0.1, 0.15) is 13.8 Å². The summed E-state index contributed by atoms with van der Waals surface area (Å²) in [4.78, 5) is 24.8. The fourth-order valence-electron chi connectivity index (χ4n) is 1.86. The molecule has 0 aliphatic rings. The number of carbonyl (C=O) groups excluding carboxylic acids is 1. The van der Waals surface area contributed by atoms with Crippen molar-refractivity contribution >= 4 is 17.7 Å². The molecule has 5 nitrogen and oxygen atoms in total. The van der Waals surface area contributed by atoms with Crippen LogP contribution in [0.25, 0.3) is 0 Å². The Morgan fingerprint density at radius 3 is 2.40 bits per heavy atom. The summed E-state index contributed by atoms with van der Waals surface area (Å²) in [5, 5.41) is 9.38. The van der Waals surface area contributed by atoms with Crippen molar-refractivity contribution in [2.45, 2.75) is 19.9 Å². The standard InChI is InChI=1S/C15H19NO4/c1-4-10-20-15(19)16(12-8-6-5-7-9-12)13(11(2)3)14(17)18/h4-9,11,13H,1,10H2,2-3H3,(H,17,18)/t13-/m0/s1. The highest BCUT2D eigenvalue weighted by atomic mass is 16.6. The summed E-state index contributed by atoms with van der Waals surface area (Å²) in [6.45, 7) is 6.99. The van der Waals surface area contributed by atoms with Gasteiger partial charge in [-0.1, -0.05) is 44.7 Å². The van der Waals surface area contributed by atoms with Crippen molar-refractivity contribution in [1.82, 2.24) is 0 Å². The molecule has 5 heteroatoms. The lowest BCUT2D eigenvalue weighted by Gasteiger charge is -2.30. The number of anilines is 1. The van der Waals surface area contributed by atoms with Gasteiger partial charge >= 0.3 is 12.1 Å². The van der Waals surface area contributed by atoms with Crippen LogP contribution >= 0.6 is 0 Å². The van der Waals surface area contributed by atoms with Crippen LogP contribution in [0, 0.1) is 5.92 Å². The monoisotopic (exact) mass is 277 g/mol. The molecule has 0 spiro atoms. The number of carboxylic acids is 1. The third-order valence-corrected chi connectivity index (χ3v) is 2.72. The fourth-order valence-corrected chi connectivity index (χ4v) is 1.86. The second kappa shape index (κ2) is 7.33. The number of para-hydroxylation sites is 1. The highest BCUT2D eigenvalue weighted by molar-refractivity contribution is 5.95. The van der Waals surface area contributed by atoms with E-state index in [0.717, 1.165) is 4.90 Å². The van der Waals surface area contributed by atoms with Crippen LogP contribution in [-0.2, 0) is 9.53 Å². The zero-order valence-corrected chi connectivity index (χ0v) is 11.7. The molecule has 1 amide bonds. The largest absolute Gasteiger partial charge is 0.480 e. The Morgan fingerprint density at radius 2 is 1.95 bits per heavy atom. The molecule has 0 heterocycles. The molecular weight excluding hydrogens is 258 g/mol. The van der Waals surface area contributed by atoms with Crippen LogP contribution in [0.2, 0.25) is 0 Å². The predicted molar refractivity (Wildman–Crippen MR) is 76.7 cm³/mol. The zero-order valence-electron chi connectivity index (χ0n) is 11.7. The number of rotatable bonds is 6. The van der Waals surface area contributed by atoms with E-state index in [1.807, 2.05) is 0 Å². The van der Waals surface area contributed by atoms with E-state index in [1.165, 1.54) is 6.08 Å². The minimum Gasteiger partial charge on any atom is -0.480 e. The van der Waals surface area contributed by atoms with E-state index in [2.05, 4.69) is 6.58 Å². The molecule has 108 valence electrons. The lowest BCUT2D eigenvalue weighted by molar-refractivity contribution is -0.139. The lowest BCUT2D eigenvalue weighted by atomic mass is 10.0. The van der Waals surface area contributed by atoms with Crippen molar-refractivity contribution < 1.29 is 19.4 Å². The Morgan fingerprint density at radius 1 is 1.35 bits per heavy atom. The van der Waals surface area contributed by atoms with E-state index in [9.17, 15) is 14.7 Å². The highest BCUT2D eigenvalue weighted by Crippen LogP contribution is 2.22. The molecule has 0 unspecified atom stereocenters. The topological polar surface area (TPSA) is 66.8 Å². The fraction of sp³-hybridized carbons (Fsp3) is 0.333. The first-order chi connectivity index (χ1) is 9.49. The van der Waals surface area contributed by atoms with Crippen LogP contribution in [0.4, 0.5) is 10.5 Å². The number of carboxylic acid groups (broad SMARTS) is 1. The average Bonchev–Trinajstić information content (AvgIpc) is 2.42. The molecule has 0 saturated carbocycles. The molecule has 0 saturated heterocycles. The summed E-state index contributed by atoms with van der Waals surface area (Å²) >= 11 is 0. The van der Waals surface area contributed by atoms with E-state index in [4.69, 9.17) is 4.74 Å². The van der Waals surface area contributed by atoms with E-state index in [-0.39, 0.29) is 12.5 Å². The van der Waals surface area contributed by atoms with Crippen molar-refractivity contribution in [3.8, 4) is 0 Å². The van der Waals surface area contributed by atoms with Crippen LogP contribution in [-0.4, -0.2) is 29.8 Å². The summed E-state index contributed by atoms with van der Waals surface area (Å²) in [5.74, 6) is -1.33. The van der Waals surface area contributed by atoms with Gasteiger partial charge in [-0.2, -0.15) is 0 Å². The van der Waals surface area contributed by atoms with Gasteiger partial charge in [0, 0.05) is 5.69 Å². The summed E-state index contributed by atoms with van der Waals surface area (Å²) in [6.07, 6.45) is 0.740. The molecule has 1 rings (SSSR count). The smallest absolute Gasteiger partial charge is 0.415 e. The van der Waals surface area contributed by atoms with Gasteiger partial charge in [0.25, 0.3) is 0 Å². The molecule has 0 aliphatic carbocycles. The minimum absolute atomic E-state index is 0.0343. The number of aliphatic carboxylic acids is 1. The van der Waals surface area contributed by atoms with Gasteiger partial charge in [-0.15, -0.1) is 0 Å². The second-order valence-electron chi connectivity index (χ2n) is 4.60. The van der Waals surface area contributed by atoms with Crippen LogP contribution < -0.4 is 4.90 Å². The van der Waals surface area contributed by atoms with Gasteiger partial charge in [0.15, 0.2) is 0 Å². The van der Waals surface area contributed by atoms with E-state index in [1.54, 1.807) is 44.2 Å². The summed E-state index contributed by atoms with van der Waals surface area (Å²) in [6, 6.07) is 7.63. The van der Waals surface area contributed by atoms with E-state index >= 15 is 0 Å². The molecule has 0 aromatic heterocycles. The number of benzene rings is 1. The first kappa shape index (κ1) is 15.8. The van der Waals surface area contributed by atoms with Crippen molar-refractivity contribution in [3.63, 3.8) is 0 Å². The normalized spacial score (nSPS) is 11.8. The first-order valence-corrected chi connectivity index (χ1v) is 6.33. The first-order valence-electron chi connectivity index (χ1n) is 6.33. The Hall–Kier alpha value is -2.30. The van der Waals surface area contributed by atoms with Crippen LogP contribution in [0.15, 0.2) is 43.0 Å². The third-order valence-electron chi connectivity index (χ3n) is 2.72. The second-order valence-corrected chi connectivity index (χ2v) is 4.60. The molecule has 0 bridgehead atoms. The van der Waals surface area contributed by atoms with E-state index in [0.29, 0.717) is 5.69 Å². The number of carbonyl (C=O) groups is 2. The van der Waals surface area contributed by atoms with Crippen molar-refractivity contribution in [3.05, 3.63) is 43.0 Å². The maximum absolute atomic E-state index is 12.1. The number of hydrogen-bond acceptors (Lipinski definition) is 3. The van der Waals surface area contributed by atoms with Gasteiger partial charge in [-0.25, -0.2) is 9.59 Å². The number of ether oxygens (including phenoxy) is 1.